The summed E-state index contributed by atoms with van der Waals surface area (Å²) in [6.45, 7) is 10.2. The molecule has 0 saturated carbocycles. The van der Waals surface area contributed by atoms with Gasteiger partial charge in [-0.15, -0.1) is 11.3 Å². The Hall–Kier alpha value is -2.36. The fourth-order valence-corrected chi connectivity index (χ4v) is 2.55. The molecule has 1 aromatic rings. The minimum Gasteiger partial charge on any atom is -0.480 e. The maximum Gasteiger partial charge on any atom is 0.413 e. The van der Waals surface area contributed by atoms with Gasteiger partial charge in [-0.25, -0.2) is 19.4 Å². The SMILES string of the molecule is CC(C)(C)OC(=O)Nc1ncc(C[C@H](NC(=O)OC(C)(C)C)C(=O)O)s1. The minimum absolute atomic E-state index is 0.00222. The van der Waals surface area contributed by atoms with Crippen LogP contribution in [0.3, 0.4) is 0 Å². The molecular formula is C16H25N3O6S. The van der Waals surface area contributed by atoms with Gasteiger partial charge in [-0.3, -0.25) is 5.32 Å². The van der Waals surface area contributed by atoms with Gasteiger partial charge in [0.15, 0.2) is 5.13 Å². The van der Waals surface area contributed by atoms with Crippen LogP contribution in [-0.4, -0.2) is 45.5 Å². The number of anilines is 1. The van der Waals surface area contributed by atoms with E-state index in [2.05, 4.69) is 15.6 Å². The van der Waals surface area contributed by atoms with Crippen LogP contribution in [0, 0.1) is 0 Å². The van der Waals surface area contributed by atoms with Crippen LogP contribution in [0.1, 0.15) is 46.4 Å². The van der Waals surface area contributed by atoms with E-state index in [0.29, 0.717) is 4.88 Å². The lowest BCUT2D eigenvalue weighted by molar-refractivity contribution is -0.139. The Labute approximate surface area is 156 Å². The first-order chi connectivity index (χ1) is 11.7. The summed E-state index contributed by atoms with van der Waals surface area (Å²) in [5, 5.41) is 14.3. The van der Waals surface area contributed by atoms with Gasteiger partial charge in [-0.1, -0.05) is 0 Å². The molecule has 0 aliphatic carbocycles. The van der Waals surface area contributed by atoms with Crippen molar-refractivity contribution in [2.24, 2.45) is 0 Å². The molecule has 0 aliphatic heterocycles. The van der Waals surface area contributed by atoms with Crippen molar-refractivity contribution in [2.45, 2.75) is 65.2 Å². The normalized spacial score (nSPS) is 12.8. The molecule has 0 radical (unpaired) electrons. The van der Waals surface area contributed by atoms with Gasteiger partial charge in [-0.05, 0) is 41.5 Å². The highest BCUT2D eigenvalue weighted by Crippen LogP contribution is 2.21. The van der Waals surface area contributed by atoms with Crippen molar-refractivity contribution in [1.29, 1.82) is 0 Å². The molecule has 1 atom stereocenters. The van der Waals surface area contributed by atoms with Crippen molar-refractivity contribution < 1.29 is 29.0 Å². The standard InChI is InChI=1S/C16H25N3O6S/c1-15(2,3)24-13(22)18-10(11(20)21)7-9-8-17-12(26-9)19-14(23)25-16(4,5)6/h8,10H,7H2,1-6H3,(H,18,22)(H,20,21)(H,17,19,23)/t10-/m0/s1. The number of amides is 2. The van der Waals surface area contributed by atoms with Crippen LogP contribution in [-0.2, 0) is 20.7 Å². The molecule has 2 amide bonds. The van der Waals surface area contributed by atoms with Gasteiger partial charge in [0.2, 0.25) is 0 Å². The number of carbonyl (C=O) groups excluding carboxylic acids is 2. The second kappa shape index (κ2) is 8.35. The van der Waals surface area contributed by atoms with Gasteiger partial charge in [0.1, 0.15) is 17.2 Å². The number of hydrogen-bond acceptors (Lipinski definition) is 7. The topological polar surface area (TPSA) is 127 Å². The monoisotopic (exact) mass is 387 g/mol. The minimum atomic E-state index is -1.20. The lowest BCUT2D eigenvalue weighted by Crippen LogP contribution is -2.44. The van der Waals surface area contributed by atoms with Crippen LogP contribution in [0.5, 0.6) is 0 Å². The van der Waals surface area contributed by atoms with E-state index in [1.807, 2.05) is 0 Å². The van der Waals surface area contributed by atoms with Crippen molar-refractivity contribution in [3.63, 3.8) is 0 Å². The van der Waals surface area contributed by atoms with Crippen LogP contribution in [0.25, 0.3) is 0 Å². The lowest BCUT2D eigenvalue weighted by Gasteiger charge is -2.21. The largest absolute Gasteiger partial charge is 0.480 e. The van der Waals surface area contributed by atoms with E-state index in [-0.39, 0.29) is 11.6 Å². The van der Waals surface area contributed by atoms with E-state index in [1.165, 1.54) is 6.20 Å². The summed E-state index contributed by atoms with van der Waals surface area (Å²) in [7, 11) is 0. The molecule has 1 aromatic heterocycles. The molecule has 0 aromatic carbocycles. The molecule has 3 N–H and O–H groups in total. The molecule has 10 heteroatoms. The summed E-state index contributed by atoms with van der Waals surface area (Å²) < 4.78 is 10.2. The number of rotatable bonds is 5. The summed E-state index contributed by atoms with van der Waals surface area (Å²) in [6.07, 6.45) is -0.0339. The zero-order valence-electron chi connectivity index (χ0n) is 15.7. The van der Waals surface area contributed by atoms with Crippen molar-refractivity contribution in [2.75, 3.05) is 5.32 Å². The van der Waals surface area contributed by atoms with Crippen LogP contribution in [0.15, 0.2) is 6.20 Å². The third-order valence-corrected chi connectivity index (χ3v) is 3.49. The van der Waals surface area contributed by atoms with Crippen molar-refractivity contribution in [3.8, 4) is 0 Å². The average molecular weight is 387 g/mol. The molecule has 0 bridgehead atoms. The van der Waals surface area contributed by atoms with Gasteiger partial charge in [0.05, 0.1) is 0 Å². The number of alkyl carbamates (subject to hydrolysis) is 1. The predicted octanol–water partition coefficient (Wildman–Crippen LogP) is 3.01. The zero-order chi connectivity index (χ0) is 20.1. The summed E-state index contributed by atoms with van der Waals surface area (Å²) in [4.78, 5) is 39.4. The van der Waals surface area contributed by atoms with E-state index in [0.717, 1.165) is 11.3 Å². The fourth-order valence-electron chi connectivity index (χ4n) is 1.70. The van der Waals surface area contributed by atoms with Gasteiger partial charge in [-0.2, -0.15) is 0 Å². The van der Waals surface area contributed by atoms with Gasteiger partial charge in [0, 0.05) is 17.5 Å². The van der Waals surface area contributed by atoms with Crippen molar-refractivity contribution >= 4 is 34.6 Å². The first-order valence-electron chi connectivity index (χ1n) is 7.92. The van der Waals surface area contributed by atoms with E-state index < -0.39 is 35.4 Å². The molecule has 9 nitrogen and oxygen atoms in total. The summed E-state index contributed by atoms with van der Waals surface area (Å²) >= 11 is 1.09. The number of thiazole rings is 1. The average Bonchev–Trinajstić information content (AvgIpc) is 2.80. The Morgan fingerprint density at radius 3 is 2.15 bits per heavy atom. The van der Waals surface area contributed by atoms with Crippen LogP contribution in [0.4, 0.5) is 14.7 Å². The molecule has 0 spiro atoms. The lowest BCUT2D eigenvalue weighted by atomic mass is 10.2. The number of carbonyl (C=O) groups is 3. The smallest absolute Gasteiger partial charge is 0.413 e. The fraction of sp³-hybridized carbons (Fsp3) is 0.625. The molecule has 0 saturated heterocycles. The summed E-state index contributed by atoms with van der Waals surface area (Å²) in [5.74, 6) is -1.20. The maximum atomic E-state index is 11.8. The first-order valence-corrected chi connectivity index (χ1v) is 8.74. The third kappa shape index (κ3) is 8.65. The Morgan fingerprint density at radius 1 is 1.12 bits per heavy atom. The van der Waals surface area contributed by atoms with E-state index in [9.17, 15) is 19.5 Å². The number of carboxylic acid groups (broad SMARTS) is 1. The van der Waals surface area contributed by atoms with Crippen molar-refractivity contribution in [3.05, 3.63) is 11.1 Å². The highest BCUT2D eigenvalue weighted by Gasteiger charge is 2.25. The number of carboxylic acids is 1. The Morgan fingerprint density at radius 2 is 1.65 bits per heavy atom. The second-order valence-electron chi connectivity index (χ2n) is 7.50. The molecule has 0 aliphatic rings. The third-order valence-electron chi connectivity index (χ3n) is 2.56. The number of nitrogens with one attached hydrogen (secondary N) is 2. The number of nitrogens with zero attached hydrogens (tertiary/aromatic N) is 1. The first kappa shape index (κ1) is 21.7. The van der Waals surface area contributed by atoms with Gasteiger partial charge >= 0.3 is 18.2 Å². The highest BCUT2D eigenvalue weighted by atomic mass is 32.1. The highest BCUT2D eigenvalue weighted by molar-refractivity contribution is 7.15. The molecule has 0 unspecified atom stereocenters. The number of hydrogen-bond donors (Lipinski definition) is 3. The molecular weight excluding hydrogens is 362 g/mol. The van der Waals surface area contributed by atoms with Crippen LogP contribution in [0.2, 0.25) is 0 Å². The number of aromatic nitrogens is 1. The van der Waals surface area contributed by atoms with Gasteiger partial charge < -0.3 is 19.9 Å². The van der Waals surface area contributed by atoms with E-state index in [1.54, 1.807) is 41.5 Å². The van der Waals surface area contributed by atoms with Crippen LogP contribution < -0.4 is 10.6 Å². The molecule has 1 rings (SSSR count). The quantitative estimate of drug-likeness (QED) is 0.708. The van der Waals surface area contributed by atoms with E-state index in [4.69, 9.17) is 9.47 Å². The number of ether oxygens (including phenoxy) is 2. The van der Waals surface area contributed by atoms with Gasteiger partial charge in [0.25, 0.3) is 0 Å². The summed E-state index contributed by atoms with van der Waals surface area (Å²) in [5.41, 5.74) is -1.38. The summed E-state index contributed by atoms with van der Waals surface area (Å²) in [6, 6.07) is -1.18. The molecule has 1 heterocycles. The Balaban J connectivity index is 2.68. The Bertz CT molecular complexity index is 660. The molecule has 0 fully saturated rings. The van der Waals surface area contributed by atoms with Crippen LogP contribution >= 0.6 is 11.3 Å². The maximum absolute atomic E-state index is 11.8. The van der Waals surface area contributed by atoms with E-state index >= 15 is 0 Å². The molecule has 26 heavy (non-hydrogen) atoms. The zero-order valence-corrected chi connectivity index (χ0v) is 16.5. The van der Waals surface area contributed by atoms with Crippen molar-refractivity contribution in [1.82, 2.24) is 10.3 Å². The second-order valence-corrected chi connectivity index (χ2v) is 8.61. The number of aliphatic carboxylic acids is 1. The predicted molar refractivity (Wildman–Crippen MR) is 96.5 cm³/mol. The molecule has 146 valence electrons. The Kier molecular flexibility index (Phi) is 6.96.